The van der Waals surface area contributed by atoms with E-state index >= 15 is 0 Å². The highest BCUT2D eigenvalue weighted by molar-refractivity contribution is 7.98. The smallest absolute Gasteiger partial charge is 0.237 e. The third kappa shape index (κ3) is 2.92. The number of hydrogen-bond donors (Lipinski definition) is 1. The molecule has 0 saturated heterocycles. The Morgan fingerprint density at radius 1 is 1.33 bits per heavy atom. The highest BCUT2D eigenvalue weighted by Crippen LogP contribution is 2.38. The number of thioether (sulfide) groups is 1. The van der Waals surface area contributed by atoms with Crippen LogP contribution in [0, 0.1) is 13.8 Å². The molecule has 128 valence electrons. The van der Waals surface area contributed by atoms with Crippen LogP contribution in [0.4, 0.5) is 0 Å². The summed E-state index contributed by atoms with van der Waals surface area (Å²) in [5, 5.41) is 6.15. The van der Waals surface area contributed by atoms with Crippen LogP contribution in [-0.4, -0.2) is 20.1 Å². The van der Waals surface area contributed by atoms with E-state index in [2.05, 4.69) is 34.0 Å². The Kier molecular flexibility index (Phi) is 4.83. The number of rotatable bonds is 4. The fraction of sp³-hybridized carbons (Fsp3) is 0.467. The molecule has 4 rings (SSSR count). The van der Waals surface area contributed by atoms with Crippen LogP contribution in [0.3, 0.4) is 0 Å². The predicted molar refractivity (Wildman–Crippen MR) is 97.7 cm³/mol. The van der Waals surface area contributed by atoms with E-state index < -0.39 is 0 Å². The zero-order chi connectivity index (χ0) is 16.0. The Morgan fingerprint density at radius 3 is 2.83 bits per heavy atom. The third-order valence-electron chi connectivity index (χ3n) is 4.42. The van der Waals surface area contributed by atoms with Crippen LogP contribution in [0.2, 0.25) is 0 Å². The van der Waals surface area contributed by atoms with Crippen LogP contribution in [-0.2, 0) is 11.3 Å². The second-order valence-corrected chi connectivity index (χ2v) is 8.12. The summed E-state index contributed by atoms with van der Waals surface area (Å²) in [6.07, 6.45) is 4.60. The van der Waals surface area contributed by atoms with Crippen molar-refractivity contribution in [2.24, 2.45) is 5.73 Å². The molecule has 0 spiro atoms. The minimum atomic E-state index is -0.379. The summed E-state index contributed by atoms with van der Waals surface area (Å²) in [5.74, 6) is 1.82. The SMILES string of the molecule is Cc1sc2ncnc(SCc3nc(C4(N)CCC4)no3)c2c1C.Cl. The normalized spacial score (nSPS) is 16.0. The molecular weight excluding hydrogens is 366 g/mol. The van der Waals surface area contributed by atoms with Gasteiger partial charge in [0.15, 0.2) is 5.82 Å². The van der Waals surface area contributed by atoms with Crippen molar-refractivity contribution >= 4 is 45.7 Å². The molecule has 9 heteroatoms. The Hall–Kier alpha value is -1.22. The molecule has 0 aromatic carbocycles. The maximum Gasteiger partial charge on any atom is 0.237 e. The molecule has 1 saturated carbocycles. The van der Waals surface area contributed by atoms with Crippen molar-refractivity contribution in [1.82, 2.24) is 20.1 Å². The van der Waals surface area contributed by atoms with Gasteiger partial charge in [0, 0.05) is 10.3 Å². The van der Waals surface area contributed by atoms with Gasteiger partial charge >= 0.3 is 0 Å². The van der Waals surface area contributed by atoms with Crippen molar-refractivity contribution in [3.05, 3.63) is 28.5 Å². The maximum atomic E-state index is 6.23. The quantitative estimate of drug-likeness (QED) is 0.541. The Bertz CT molecular complexity index is 874. The first-order chi connectivity index (χ1) is 11.1. The molecule has 2 N–H and O–H groups in total. The van der Waals surface area contributed by atoms with Crippen molar-refractivity contribution < 1.29 is 4.52 Å². The second-order valence-electron chi connectivity index (χ2n) is 5.95. The number of fused-ring (bicyclic) bond motifs is 1. The standard InChI is InChI=1S/C15H17N5OS2.ClH/c1-8-9(2)23-13-11(8)12(17-7-18-13)22-6-10-19-14(20-21-10)15(16)4-3-5-15;/h7H,3-6,16H2,1-2H3;1H. The first-order valence-corrected chi connectivity index (χ1v) is 9.32. The summed E-state index contributed by atoms with van der Waals surface area (Å²) in [6.45, 7) is 4.22. The number of halogens is 1. The van der Waals surface area contributed by atoms with Gasteiger partial charge < -0.3 is 10.3 Å². The van der Waals surface area contributed by atoms with E-state index in [1.165, 1.54) is 10.4 Å². The predicted octanol–water partition coefficient (Wildman–Crippen LogP) is 3.74. The zero-order valence-corrected chi connectivity index (χ0v) is 15.9. The van der Waals surface area contributed by atoms with Gasteiger partial charge in [0.05, 0.1) is 11.3 Å². The molecule has 3 aromatic rings. The van der Waals surface area contributed by atoms with Gasteiger partial charge in [-0.1, -0.05) is 16.9 Å². The van der Waals surface area contributed by atoms with E-state index in [4.69, 9.17) is 10.3 Å². The van der Waals surface area contributed by atoms with E-state index in [-0.39, 0.29) is 17.9 Å². The lowest BCUT2D eigenvalue weighted by atomic mass is 9.77. The van der Waals surface area contributed by atoms with Crippen LogP contribution in [0.25, 0.3) is 10.2 Å². The highest BCUT2D eigenvalue weighted by Gasteiger charge is 2.38. The van der Waals surface area contributed by atoms with Crippen molar-refractivity contribution in [2.75, 3.05) is 0 Å². The Balaban J connectivity index is 0.00000169. The number of nitrogens with zero attached hydrogens (tertiary/aromatic N) is 4. The summed E-state index contributed by atoms with van der Waals surface area (Å²) in [4.78, 5) is 15.5. The number of aromatic nitrogens is 4. The summed E-state index contributed by atoms with van der Waals surface area (Å²) in [6, 6.07) is 0. The lowest BCUT2D eigenvalue weighted by molar-refractivity contribution is 0.229. The molecule has 1 aliphatic carbocycles. The van der Waals surface area contributed by atoms with Crippen molar-refractivity contribution in [1.29, 1.82) is 0 Å². The number of thiophene rings is 1. The van der Waals surface area contributed by atoms with Gasteiger partial charge in [-0.05, 0) is 38.7 Å². The van der Waals surface area contributed by atoms with Crippen LogP contribution in [0.15, 0.2) is 15.9 Å². The average Bonchev–Trinajstić information content (AvgIpc) is 3.09. The molecule has 0 aliphatic heterocycles. The molecule has 0 amide bonds. The minimum Gasteiger partial charge on any atom is -0.338 e. The van der Waals surface area contributed by atoms with E-state index in [0.29, 0.717) is 17.5 Å². The first-order valence-electron chi connectivity index (χ1n) is 7.52. The van der Waals surface area contributed by atoms with Crippen LogP contribution in [0.1, 0.15) is 41.4 Å². The molecule has 0 bridgehead atoms. The van der Waals surface area contributed by atoms with E-state index in [1.807, 2.05) is 0 Å². The number of hydrogen-bond acceptors (Lipinski definition) is 8. The Morgan fingerprint density at radius 2 is 2.12 bits per heavy atom. The van der Waals surface area contributed by atoms with Crippen LogP contribution < -0.4 is 5.73 Å². The van der Waals surface area contributed by atoms with E-state index in [9.17, 15) is 0 Å². The van der Waals surface area contributed by atoms with Gasteiger partial charge in [0.1, 0.15) is 16.2 Å². The van der Waals surface area contributed by atoms with Gasteiger partial charge in [0.2, 0.25) is 5.89 Å². The van der Waals surface area contributed by atoms with E-state index in [1.54, 1.807) is 29.4 Å². The molecule has 0 unspecified atom stereocenters. The fourth-order valence-electron chi connectivity index (χ4n) is 2.69. The van der Waals surface area contributed by atoms with Crippen molar-refractivity contribution in [2.45, 2.75) is 49.4 Å². The molecular formula is C15H18ClN5OS2. The van der Waals surface area contributed by atoms with Gasteiger partial charge in [-0.25, -0.2) is 9.97 Å². The van der Waals surface area contributed by atoms with Crippen LogP contribution in [0.5, 0.6) is 0 Å². The lowest BCUT2D eigenvalue weighted by Crippen LogP contribution is -2.44. The molecule has 0 radical (unpaired) electrons. The molecule has 3 heterocycles. The summed E-state index contributed by atoms with van der Waals surface area (Å²) >= 11 is 3.30. The molecule has 1 aliphatic rings. The maximum absolute atomic E-state index is 6.23. The number of nitrogens with two attached hydrogens (primary N) is 1. The Labute approximate surface area is 154 Å². The molecule has 6 nitrogen and oxygen atoms in total. The molecule has 3 aromatic heterocycles. The summed E-state index contributed by atoms with van der Waals surface area (Å²) in [5.41, 5.74) is 7.10. The molecule has 0 atom stereocenters. The van der Waals surface area contributed by atoms with Crippen molar-refractivity contribution in [3.63, 3.8) is 0 Å². The topological polar surface area (TPSA) is 90.7 Å². The monoisotopic (exact) mass is 383 g/mol. The third-order valence-corrected chi connectivity index (χ3v) is 6.51. The summed E-state index contributed by atoms with van der Waals surface area (Å²) in [7, 11) is 0. The molecule has 1 fully saturated rings. The summed E-state index contributed by atoms with van der Waals surface area (Å²) < 4.78 is 5.35. The lowest BCUT2D eigenvalue weighted by Gasteiger charge is -2.34. The highest BCUT2D eigenvalue weighted by atomic mass is 35.5. The van der Waals surface area contributed by atoms with Gasteiger partial charge in [0.25, 0.3) is 0 Å². The fourth-order valence-corrected chi connectivity index (χ4v) is 4.64. The zero-order valence-electron chi connectivity index (χ0n) is 13.4. The average molecular weight is 384 g/mol. The van der Waals surface area contributed by atoms with Crippen LogP contribution >= 0.6 is 35.5 Å². The van der Waals surface area contributed by atoms with Gasteiger partial charge in [-0.2, -0.15) is 4.98 Å². The van der Waals surface area contributed by atoms with E-state index in [0.717, 1.165) is 34.5 Å². The van der Waals surface area contributed by atoms with Gasteiger partial charge in [-0.15, -0.1) is 23.7 Å². The minimum absolute atomic E-state index is 0. The largest absolute Gasteiger partial charge is 0.338 e. The molecule has 24 heavy (non-hydrogen) atoms. The number of aryl methyl sites for hydroxylation is 2. The second kappa shape index (κ2) is 6.59. The first kappa shape index (κ1) is 17.6. The van der Waals surface area contributed by atoms with Crippen molar-refractivity contribution in [3.8, 4) is 0 Å². The van der Waals surface area contributed by atoms with Gasteiger partial charge in [-0.3, -0.25) is 0 Å².